The zero-order valence-electron chi connectivity index (χ0n) is 6.90. The molecule has 0 saturated carbocycles. The highest BCUT2D eigenvalue weighted by Crippen LogP contribution is 2.22. The van der Waals surface area contributed by atoms with Crippen LogP contribution in [0.1, 0.15) is 5.56 Å². The van der Waals surface area contributed by atoms with Crippen molar-refractivity contribution < 1.29 is 14.3 Å². The van der Waals surface area contributed by atoms with Gasteiger partial charge in [0.05, 0.1) is 0 Å². The number of fused-ring (bicyclic) bond motifs is 1. The third-order valence-electron chi connectivity index (χ3n) is 1.79. The van der Waals surface area contributed by atoms with E-state index < -0.39 is 0 Å². The molecule has 2 rings (SSSR count). The number of carbonyl (C=O) groups excluding carboxylic acids is 1. The number of allylic oxidation sites excluding steroid dienone is 1. The van der Waals surface area contributed by atoms with Gasteiger partial charge in [0.25, 0.3) is 0 Å². The van der Waals surface area contributed by atoms with Gasteiger partial charge >= 0.3 is 0 Å². The van der Waals surface area contributed by atoms with Crippen LogP contribution in [0.3, 0.4) is 0 Å². The highest BCUT2D eigenvalue weighted by atomic mass is 16.5. The lowest BCUT2D eigenvalue weighted by molar-refractivity contribution is -0.108. The van der Waals surface area contributed by atoms with E-state index in [0.29, 0.717) is 12.9 Å². The summed E-state index contributed by atoms with van der Waals surface area (Å²) in [5.74, 6) is 0.954. The van der Waals surface area contributed by atoms with Crippen LogP contribution in [-0.2, 0) is 16.1 Å². The molecular weight excluding hydrogens is 168 g/mol. The molecule has 0 fully saturated rings. The summed E-state index contributed by atoms with van der Waals surface area (Å²) in [4.78, 5) is 10.4. The van der Waals surface area contributed by atoms with E-state index in [9.17, 15) is 4.79 Å². The average Bonchev–Trinajstić information content (AvgIpc) is 2.39. The summed E-state index contributed by atoms with van der Waals surface area (Å²) < 4.78 is 10.4. The van der Waals surface area contributed by atoms with Crippen molar-refractivity contribution in [2.24, 2.45) is 0 Å². The predicted molar refractivity (Wildman–Crippen MR) is 46.0 cm³/mol. The first-order chi connectivity index (χ1) is 6.40. The Kier molecular flexibility index (Phi) is 2.00. The Balaban J connectivity index is 2.31. The average molecular weight is 176 g/mol. The molecule has 3 heteroatoms. The first-order valence-corrected chi connectivity index (χ1v) is 3.93. The molecule has 0 aromatic heterocycles. The van der Waals surface area contributed by atoms with Crippen LogP contribution in [0.5, 0.6) is 5.75 Å². The first-order valence-electron chi connectivity index (χ1n) is 3.93. The van der Waals surface area contributed by atoms with Crippen molar-refractivity contribution in [3.8, 4) is 5.75 Å². The van der Waals surface area contributed by atoms with Crippen LogP contribution in [0, 0.1) is 0 Å². The summed E-state index contributed by atoms with van der Waals surface area (Å²) in [5.41, 5.74) is 0.940. The Morgan fingerprint density at radius 3 is 3.00 bits per heavy atom. The Bertz CT molecular complexity index is 355. The van der Waals surface area contributed by atoms with Crippen LogP contribution in [0.25, 0.3) is 0 Å². The van der Waals surface area contributed by atoms with E-state index >= 15 is 0 Å². The van der Waals surface area contributed by atoms with Gasteiger partial charge in [-0.15, -0.1) is 0 Å². The zero-order chi connectivity index (χ0) is 9.10. The van der Waals surface area contributed by atoms with E-state index in [1.54, 1.807) is 0 Å². The van der Waals surface area contributed by atoms with Crippen molar-refractivity contribution in [1.29, 1.82) is 0 Å². The summed E-state index contributed by atoms with van der Waals surface area (Å²) in [7, 11) is 0. The molecule has 0 spiro atoms. The second-order valence-corrected chi connectivity index (χ2v) is 2.65. The van der Waals surface area contributed by atoms with Crippen LogP contribution < -0.4 is 4.74 Å². The van der Waals surface area contributed by atoms with Gasteiger partial charge in [-0.05, 0) is 6.07 Å². The maximum atomic E-state index is 10.4. The van der Waals surface area contributed by atoms with Crippen molar-refractivity contribution in [1.82, 2.24) is 0 Å². The molecule has 1 aromatic carbocycles. The molecule has 13 heavy (non-hydrogen) atoms. The first kappa shape index (κ1) is 7.86. The van der Waals surface area contributed by atoms with E-state index in [4.69, 9.17) is 9.47 Å². The lowest BCUT2D eigenvalue weighted by Crippen LogP contribution is -1.91. The van der Waals surface area contributed by atoms with Gasteiger partial charge < -0.3 is 9.47 Å². The van der Waals surface area contributed by atoms with E-state index in [1.165, 1.54) is 6.26 Å². The number of para-hydroxylation sites is 1. The standard InChI is InChI=1S/C10H8O3/c11-5-9-7-13-10-4-2-1-3-8(10)6-12-9/h1-5,7H,6H2. The Morgan fingerprint density at radius 2 is 2.15 bits per heavy atom. The number of hydrogen-bond donors (Lipinski definition) is 0. The van der Waals surface area contributed by atoms with Crippen LogP contribution in [0.2, 0.25) is 0 Å². The Hall–Kier alpha value is -1.77. The van der Waals surface area contributed by atoms with Crippen molar-refractivity contribution >= 4 is 6.29 Å². The number of hydrogen-bond acceptors (Lipinski definition) is 3. The molecule has 1 aliphatic heterocycles. The number of rotatable bonds is 1. The molecule has 0 radical (unpaired) electrons. The van der Waals surface area contributed by atoms with Crippen LogP contribution in [-0.4, -0.2) is 6.29 Å². The summed E-state index contributed by atoms with van der Waals surface area (Å²) in [5, 5.41) is 0. The number of aldehydes is 1. The number of benzene rings is 1. The third-order valence-corrected chi connectivity index (χ3v) is 1.79. The summed E-state index contributed by atoms with van der Waals surface area (Å²) >= 11 is 0. The van der Waals surface area contributed by atoms with Crippen LogP contribution in [0.4, 0.5) is 0 Å². The summed E-state index contributed by atoms with van der Waals surface area (Å²) in [6, 6.07) is 7.51. The zero-order valence-corrected chi connectivity index (χ0v) is 6.90. The molecule has 0 aliphatic carbocycles. The van der Waals surface area contributed by atoms with Crippen LogP contribution >= 0.6 is 0 Å². The second kappa shape index (κ2) is 3.31. The fourth-order valence-corrected chi connectivity index (χ4v) is 1.12. The fourth-order valence-electron chi connectivity index (χ4n) is 1.12. The lowest BCUT2D eigenvalue weighted by atomic mass is 10.2. The summed E-state index contributed by atoms with van der Waals surface area (Å²) in [6.07, 6.45) is 1.95. The molecule has 1 aromatic rings. The normalized spacial score (nSPS) is 14.3. The van der Waals surface area contributed by atoms with Crippen molar-refractivity contribution in [3.05, 3.63) is 41.9 Å². The van der Waals surface area contributed by atoms with Crippen molar-refractivity contribution in [3.63, 3.8) is 0 Å². The highest BCUT2D eigenvalue weighted by molar-refractivity contribution is 5.70. The minimum atomic E-state index is 0.219. The van der Waals surface area contributed by atoms with Crippen molar-refractivity contribution in [2.45, 2.75) is 6.61 Å². The van der Waals surface area contributed by atoms with Crippen molar-refractivity contribution in [2.75, 3.05) is 0 Å². The summed E-state index contributed by atoms with van der Waals surface area (Å²) in [6.45, 7) is 0.376. The van der Waals surface area contributed by atoms with Gasteiger partial charge in [0.2, 0.25) is 0 Å². The quantitative estimate of drug-likeness (QED) is 0.610. The lowest BCUT2D eigenvalue weighted by Gasteiger charge is -2.02. The molecule has 1 aliphatic rings. The SMILES string of the molecule is O=CC1=COc2ccccc2CO1. The third kappa shape index (κ3) is 1.54. The molecule has 0 N–H and O–H groups in total. The van der Waals surface area contributed by atoms with Gasteiger partial charge in [0, 0.05) is 5.56 Å². The number of ether oxygens (including phenoxy) is 2. The Morgan fingerprint density at radius 1 is 1.31 bits per heavy atom. The fraction of sp³-hybridized carbons (Fsp3) is 0.100. The van der Waals surface area contributed by atoms with E-state index in [-0.39, 0.29) is 5.76 Å². The van der Waals surface area contributed by atoms with Gasteiger partial charge in [-0.25, -0.2) is 0 Å². The van der Waals surface area contributed by atoms with E-state index in [2.05, 4.69) is 0 Å². The largest absolute Gasteiger partial charge is 0.482 e. The van der Waals surface area contributed by atoms with Gasteiger partial charge in [-0.2, -0.15) is 0 Å². The minimum absolute atomic E-state index is 0.219. The molecule has 0 bridgehead atoms. The van der Waals surface area contributed by atoms with Crippen LogP contribution in [0.15, 0.2) is 36.3 Å². The second-order valence-electron chi connectivity index (χ2n) is 2.65. The molecule has 0 saturated heterocycles. The molecular formula is C10H8O3. The highest BCUT2D eigenvalue weighted by Gasteiger charge is 2.08. The van der Waals surface area contributed by atoms with E-state index in [0.717, 1.165) is 11.3 Å². The Labute approximate surface area is 75.6 Å². The maximum Gasteiger partial charge on any atom is 0.194 e. The molecule has 1 heterocycles. The van der Waals surface area contributed by atoms with Gasteiger partial charge in [0.1, 0.15) is 18.6 Å². The maximum absolute atomic E-state index is 10.4. The molecule has 0 atom stereocenters. The molecule has 0 amide bonds. The number of carbonyl (C=O) groups is 1. The minimum Gasteiger partial charge on any atom is -0.482 e. The molecule has 0 unspecified atom stereocenters. The predicted octanol–water partition coefficient (Wildman–Crippen LogP) is 1.64. The molecule has 3 nitrogen and oxygen atoms in total. The van der Waals surface area contributed by atoms with Gasteiger partial charge in [0.15, 0.2) is 12.0 Å². The smallest absolute Gasteiger partial charge is 0.194 e. The van der Waals surface area contributed by atoms with E-state index in [1.807, 2.05) is 24.3 Å². The van der Waals surface area contributed by atoms with Gasteiger partial charge in [-0.1, -0.05) is 18.2 Å². The van der Waals surface area contributed by atoms with Gasteiger partial charge in [-0.3, -0.25) is 4.79 Å². The monoisotopic (exact) mass is 176 g/mol. The topological polar surface area (TPSA) is 35.5 Å². The molecule has 66 valence electrons.